The number of nitrogens with zero attached hydrogens (tertiary/aromatic N) is 3. The molecule has 6 heteroatoms. The number of hydrogen-bond donors (Lipinski definition) is 0. The molecule has 0 aliphatic heterocycles. The van der Waals surface area contributed by atoms with E-state index in [4.69, 9.17) is 9.26 Å². The second kappa shape index (κ2) is 4.36. The van der Waals surface area contributed by atoms with Crippen molar-refractivity contribution in [3.05, 3.63) is 40.4 Å². The molecule has 6 nitrogen and oxygen atoms in total. The second-order valence-electron chi connectivity index (χ2n) is 3.54. The van der Waals surface area contributed by atoms with E-state index >= 15 is 0 Å². The Morgan fingerprint density at radius 3 is 2.94 bits per heavy atom. The van der Waals surface area contributed by atoms with Crippen molar-refractivity contribution in [2.75, 3.05) is 7.11 Å². The Morgan fingerprint density at radius 1 is 1.50 bits per heavy atom. The molecule has 0 aliphatic rings. The summed E-state index contributed by atoms with van der Waals surface area (Å²) < 4.78 is 13.0. The Morgan fingerprint density at radius 2 is 2.31 bits per heavy atom. The fraction of sp³-hybridized carbons (Fsp3) is 0.400. The summed E-state index contributed by atoms with van der Waals surface area (Å²) in [6, 6.07) is 1.78. The monoisotopic (exact) mass is 223 g/mol. The van der Waals surface area contributed by atoms with Gasteiger partial charge in [-0.3, -0.25) is 4.57 Å². The van der Waals surface area contributed by atoms with Crippen molar-refractivity contribution in [3.63, 3.8) is 0 Å². The lowest BCUT2D eigenvalue weighted by Crippen LogP contribution is -2.22. The molecular weight excluding hydrogens is 210 g/mol. The molecule has 0 unspecified atom stereocenters. The Balaban J connectivity index is 2.14. The van der Waals surface area contributed by atoms with Crippen LogP contribution in [0.15, 0.2) is 27.8 Å². The van der Waals surface area contributed by atoms with Crippen molar-refractivity contribution in [2.45, 2.75) is 13.2 Å². The molecule has 16 heavy (non-hydrogen) atoms. The first-order valence-electron chi connectivity index (χ1n) is 4.86. The molecule has 2 aromatic heterocycles. The molecule has 0 aliphatic carbocycles. The van der Waals surface area contributed by atoms with E-state index < -0.39 is 0 Å². The molecule has 2 heterocycles. The third-order valence-electron chi connectivity index (χ3n) is 2.24. The molecule has 0 bridgehead atoms. The number of imidazole rings is 1. The molecule has 2 rings (SSSR count). The van der Waals surface area contributed by atoms with Gasteiger partial charge in [0.05, 0.1) is 6.54 Å². The first-order valence-corrected chi connectivity index (χ1v) is 4.86. The van der Waals surface area contributed by atoms with E-state index in [1.54, 1.807) is 37.2 Å². The number of ether oxygens (including phenoxy) is 1. The Hall–Kier alpha value is -1.82. The molecule has 0 amide bonds. The van der Waals surface area contributed by atoms with Crippen LogP contribution in [0, 0.1) is 0 Å². The van der Waals surface area contributed by atoms with Gasteiger partial charge in [-0.05, 0) is 0 Å². The average molecular weight is 223 g/mol. The summed E-state index contributed by atoms with van der Waals surface area (Å²) in [5.41, 5.74) is 0.636. The predicted octanol–water partition coefficient (Wildman–Crippen LogP) is 0.369. The molecule has 0 atom stereocenters. The number of methoxy groups -OCH3 is 1. The summed E-state index contributed by atoms with van der Waals surface area (Å²) in [7, 11) is 3.29. The van der Waals surface area contributed by atoms with E-state index in [9.17, 15) is 4.79 Å². The molecule has 86 valence electrons. The van der Waals surface area contributed by atoms with Gasteiger partial charge in [-0.1, -0.05) is 5.16 Å². The fourth-order valence-corrected chi connectivity index (χ4v) is 1.45. The third-order valence-corrected chi connectivity index (χ3v) is 2.24. The largest absolute Gasteiger partial charge is 0.377 e. The summed E-state index contributed by atoms with van der Waals surface area (Å²) in [6.07, 6.45) is 3.42. The molecule has 0 saturated heterocycles. The van der Waals surface area contributed by atoms with Crippen molar-refractivity contribution < 1.29 is 9.26 Å². The van der Waals surface area contributed by atoms with Crippen LogP contribution in [0.2, 0.25) is 0 Å². The normalized spacial score (nSPS) is 10.9. The standard InChI is InChI=1S/C10H13N3O3/c1-12-3-4-13(10(12)14)6-8-5-9(7-15-2)16-11-8/h3-5H,6-7H2,1-2H3. The van der Waals surface area contributed by atoms with Crippen molar-refractivity contribution in [2.24, 2.45) is 7.05 Å². The molecule has 2 aromatic rings. The lowest BCUT2D eigenvalue weighted by Gasteiger charge is -1.95. The van der Waals surface area contributed by atoms with Gasteiger partial charge in [0.15, 0.2) is 5.76 Å². The number of rotatable bonds is 4. The molecular formula is C10H13N3O3. The maximum Gasteiger partial charge on any atom is 0.328 e. The lowest BCUT2D eigenvalue weighted by molar-refractivity contribution is 0.155. The van der Waals surface area contributed by atoms with Gasteiger partial charge >= 0.3 is 5.69 Å². The van der Waals surface area contributed by atoms with Gasteiger partial charge in [0.2, 0.25) is 0 Å². The minimum Gasteiger partial charge on any atom is -0.377 e. The highest BCUT2D eigenvalue weighted by atomic mass is 16.5. The van der Waals surface area contributed by atoms with Crippen LogP contribution in [0.25, 0.3) is 0 Å². The minimum atomic E-state index is -0.0729. The van der Waals surface area contributed by atoms with E-state index in [1.807, 2.05) is 0 Å². The molecule has 0 saturated carbocycles. The number of hydrogen-bond acceptors (Lipinski definition) is 4. The first-order chi connectivity index (χ1) is 7.70. The molecule has 0 fully saturated rings. The summed E-state index contributed by atoms with van der Waals surface area (Å²) in [4.78, 5) is 11.5. The topological polar surface area (TPSA) is 62.2 Å². The quantitative estimate of drug-likeness (QED) is 0.751. The van der Waals surface area contributed by atoms with E-state index in [0.29, 0.717) is 24.6 Å². The Kier molecular flexibility index (Phi) is 2.91. The van der Waals surface area contributed by atoms with Gasteiger partial charge in [-0.15, -0.1) is 0 Å². The SMILES string of the molecule is COCc1cc(Cn2ccn(C)c2=O)no1. The van der Waals surface area contributed by atoms with Crippen molar-refractivity contribution in [1.82, 2.24) is 14.3 Å². The highest BCUT2D eigenvalue weighted by Crippen LogP contribution is 2.05. The van der Waals surface area contributed by atoms with Crippen molar-refractivity contribution in [1.29, 1.82) is 0 Å². The van der Waals surface area contributed by atoms with Crippen LogP contribution in [0.3, 0.4) is 0 Å². The first kappa shape index (κ1) is 10.7. The van der Waals surface area contributed by atoms with E-state index in [-0.39, 0.29) is 5.69 Å². The zero-order valence-electron chi connectivity index (χ0n) is 9.21. The fourth-order valence-electron chi connectivity index (χ4n) is 1.45. The Labute approximate surface area is 92.0 Å². The van der Waals surface area contributed by atoms with E-state index in [1.165, 1.54) is 4.57 Å². The van der Waals surface area contributed by atoms with Crippen LogP contribution >= 0.6 is 0 Å². The maximum atomic E-state index is 11.5. The minimum absolute atomic E-state index is 0.0729. The summed E-state index contributed by atoms with van der Waals surface area (Å²) in [5.74, 6) is 0.654. The van der Waals surface area contributed by atoms with Gasteiger partial charge in [0, 0.05) is 32.6 Å². The number of aryl methyl sites for hydroxylation is 1. The second-order valence-corrected chi connectivity index (χ2v) is 3.54. The van der Waals surface area contributed by atoms with Gasteiger partial charge in [-0.2, -0.15) is 0 Å². The average Bonchev–Trinajstić information content (AvgIpc) is 2.82. The Bertz CT molecular complexity index is 523. The van der Waals surface area contributed by atoms with E-state index in [2.05, 4.69) is 5.16 Å². The number of aromatic nitrogens is 3. The van der Waals surface area contributed by atoms with Crippen molar-refractivity contribution in [3.8, 4) is 0 Å². The third kappa shape index (κ3) is 2.06. The van der Waals surface area contributed by atoms with Gasteiger partial charge in [0.25, 0.3) is 0 Å². The molecule has 0 aromatic carbocycles. The van der Waals surface area contributed by atoms with Gasteiger partial charge < -0.3 is 13.8 Å². The van der Waals surface area contributed by atoms with Crippen LogP contribution in [-0.2, 0) is 24.9 Å². The van der Waals surface area contributed by atoms with Crippen LogP contribution in [0.5, 0.6) is 0 Å². The summed E-state index contributed by atoms with van der Waals surface area (Å²) in [5, 5.41) is 3.86. The van der Waals surface area contributed by atoms with Crippen LogP contribution in [0.4, 0.5) is 0 Å². The van der Waals surface area contributed by atoms with Gasteiger partial charge in [-0.25, -0.2) is 4.79 Å². The van der Waals surface area contributed by atoms with Crippen LogP contribution in [-0.4, -0.2) is 21.4 Å². The molecule has 0 radical (unpaired) electrons. The zero-order chi connectivity index (χ0) is 11.5. The predicted molar refractivity (Wildman–Crippen MR) is 56.0 cm³/mol. The van der Waals surface area contributed by atoms with Gasteiger partial charge in [0.1, 0.15) is 12.3 Å². The van der Waals surface area contributed by atoms with Crippen LogP contribution in [0.1, 0.15) is 11.5 Å². The maximum absolute atomic E-state index is 11.5. The highest BCUT2D eigenvalue weighted by molar-refractivity contribution is 5.05. The highest BCUT2D eigenvalue weighted by Gasteiger charge is 2.06. The summed E-state index contributed by atoms with van der Waals surface area (Å²) in [6.45, 7) is 0.795. The van der Waals surface area contributed by atoms with Crippen molar-refractivity contribution >= 4 is 0 Å². The summed E-state index contributed by atoms with van der Waals surface area (Å²) >= 11 is 0. The molecule has 0 spiro atoms. The van der Waals surface area contributed by atoms with E-state index in [0.717, 1.165) is 0 Å². The zero-order valence-corrected chi connectivity index (χ0v) is 9.21. The van der Waals surface area contributed by atoms with Crippen LogP contribution < -0.4 is 5.69 Å². The molecule has 0 N–H and O–H groups in total. The lowest BCUT2D eigenvalue weighted by atomic mass is 10.3. The smallest absolute Gasteiger partial charge is 0.328 e.